The Morgan fingerprint density at radius 1 is 1.27 bits per heavy atom. The lowest BCUT2D eigenvalue weighted by atomic mass is 10.1. The standard InChI is InChI=1S/C17H17BrN2O2/c1-19-17(21)11-2-4-15(5-3-11)20-10-13-9-14(18)8-12-6-7-22-16(12)13/h2-5,8-9,20H,6-7,10H2,1H3,(H,19,21). The molecule has 5 heteroatoms. The van der Waals surface area contributed by atoms with Crippen LogP contribution in [-0.4, -0.2) is 19.6 Å². The van der Waals surface area contributed by atoms with Gasteiger partial charge in [0.1, 0.15) is 5.75 Å². The fourth-order valence-corrected chi connectivity index (χ4v) is 3.11. The molecular weight excluding hydrogens is 344 g/mol. The van der Waals surface area contributed by atoms with Crippen LogP contribution in [0.15, 0.2) is 40.9 Å². The highest BCUT2D eigenvalue weighted by molar-refractivity contribution is 9.10. The van der Waals surface area contributed by atoms with E-state index in [2.05, 4.69) is 38.7 Å². The van der Waals surface area contributed by atoms with Gasteiger partial charge in [-0.3, -0.25) is 4.79 Å². The quantitative estimate of drug-likeness (QED) is 0.878. The van der Waals surface area contributed by atoms with Crippen LogP contribution in [0, 0.1) is 0 Å². The summed E-state index contributed by atoms with van der Waals surface area (Å²) in [6, 6.07) is 11.6. The van der Waals surface area contributed by atoms with E-state index in [9.17, 15) is 4.79 Å². The lowest BCUT2D eigenvalue weighted by Gasteiger charge is -2.11. The van der Waals surface area contributed by atoms with Crippen LogP contribution >= 0.6 is 15.9 Å². The summed E-state index contributed by atoms with van der Waals surface area (Å²) in [5.41, 5.74) is 4.01. The third-order valence-electron chi connectivity index (χ3n) is 3.68. The van der Waals surface area contributed by atoms with Crippen LogP contribution in [0.25, 0.3) is 0 Å². The molecule has 0 unspecified atom stereocenters. The van der Waals surface area contributed by atoms with Gasteiger partial charge in [0.25, 0.3) is 5.91 Å². The van der Waals surface area contributed by atoms with Crippen LogP contribution in [0.2, 0.25) is 0 Å². The molecule has 2 N–H and O–H groups in total. The molecule has 0 saturated heterocycles. The minimum Gasteiger partial charge on any atom is -0.493 e. The Bertz CT molecular complexity index is 699. The smallest absolute Gasteiger partial charge is 0.251 e. The molecule has 22 heavy (non-hydrogen) atoms. The number of ether oxygens (including phenoxy) is 1. The predicted molar refractivity (Wildman–Crippen MR) is 90.5 cm³/mol. The Morgan fingerprint density at radius 3 is 2.77 bits per heavy atom. The number of carbonyl (C=O) groups excluding carboxylic acids is 1. The molecule has 0 aliphatic carbocycles. The van der Waals surface area contributed by atoms with E-state index < -0.39 is 0 Å². The van der Waals surface area contributed by atoms with E-state index in [4.69, 9.17) is 4.74 Å². The number of halogens is 1. The molecular formula is C17H17BrN2O2. The summed E-state index contributed by atoms with van der Waals surface area (Å²) in [5.74, 6) is 0.919. The van der Waals surface area contributed by atoms with E-state index >= 15 is 0 Å². The van der Waals surface area contributed by atoms with Gasteiger partial charge in [-0.05, 0) is 42.0 Å². The third-order valence-corrected chi connectivity index (χ3v) is 4.14. The number of amides is 1. The molecule has 0 radical (unpaired) electrons. The molecule has 1 aliphatic heterocycles. The van der Waals surface area contributed by atoms with Crippen molar-refractivity contribution in [3.63, 3.8) is 0 Å². The molecule has 3 rings (SSSR count). The maximum atomic E-state index is 11.5. The van der Waals surface area contributed by atoms with Gasteiger partial charge in [-0.2, -0.15) is 0 Å². The summed E-state index contributed by atoms with van der Waals surface area (Å²) in [5, 5.41) is 5.98. The molecule has 114 valence electrons. The lowest BCUT2D eigenvalue weighted by Crippen LogP contribution is -2.17. The van der Waals surface area contributed by atoms with Crippen molar-refractivity contribution in [1.29, 1.82) is 0 Å². The van der Waals surface area contributed by atoms with Crippen LogP contribution in [0.4, 0.5) is 5.69 Å². The van der Waals surface area contributed by atoms with Gasteiger partial charge in [-0.25, -0.2) is 0 Å². The van der Waals surface area contributed by atoms with E-state index in [1.807, 2.05) is 24.3 Å². The molecule has 2 aromatic rings. The maximum Gasteiger partial charge on any atom is 0.251 e. The largest absolute Gasteiger partial charge is 0.493 e. The summed E-state index contributed by atoms with van der Waals surface area (Å²) in [4.78, 5) is 11.5. The van der Waals surface area contributed by atoms with Crippen molar-refractivity contribution < 1.29 is 9.53 Å². The first-order valence-electron chi connectivity index (χ1n) is 7.17. The monoisotopic (exact) mass is 360 g/mol. The summed E-state index contributed by atoms with van der Waals surface area (Å²) >= 11 is 3.55. The zero-order valence-corrected chi connectivity index (χ0v) is 13.9. The fourth-order valence-electron chi connectivity index (χ4n) is 2.56. The molecule has 0 saturated carbocycles. The summed E-state index contributed by atoms with van der Waals surface area (Å²) in [7, 11) is 1.63. The Kier molecular flexibility index (Phi) is 4.34. The fraction of sp³-hybridized carbons (Fsp3) is 0.235. The molecule has 4 nitrogen and oxygen atoms in total. The molecule has 0 spiro atoms. The van der Waals surface area contributed by atoms with Crippen molar-refractivity contribution in [3.05, 3.63) is 57.6 Å². The highest BCUT2D eigenvalue weighted by Gasteiger charge is 2.17. The zero-order chi connectivity index (χ0) is 15.5. The Morgan fingerprint density at radius 2 is 2.05 bits per heavy atom. The number of anilines is 1. The minimum atomic E-state index is -0.0789. The molecule has 1 aliphatic rings. The highest BCUT2D eigenvalue weighted by atomic mass is 79.9. The second-order valence-electron chi connectivity index (χ2n) is 5.16. The van der Waals surface area contributed by atoms with Crippen molar-refractivity contribution in [2.75, 3.05) is 19.0 Å². The summed E-state index contributed by atoms with van der Waals surface area (Å²) in [6.07, 6.45) is 0.961. The molecule has 0 bridgehead atoms. The second kappa shape index (κ2) is 6.40. The van der Waals surface area contributed by atoms with Crippen LogP contribution in [-0.2, 0) is 13.0 Å². The second-order valence-corrected chi connectivity index (χ2v) is 6.08. The lowest BCUT2D eigenvalue weighted by molar-refractivity contribution is 0.0963. The third kappa shape index (κ3) is 3.09. The average Bonchev–Trinajstić information content (AvgIpc) is 3.00. The molecule has 1 heterocycles. The number of benzene rings is 2. The first-order valence-corrected chi connectivity index (χ1v) is 7.97. The van der Waals surface area contributed by atoms with E-state index in [1.54, 1.807) is 7.05 Å². The number of carbonyl (C=O) groups is 1. The van der Waals surface area contributed by atoms with Crippen molar-refractivity contribution in [1.82, 2.24) is 5.32 Å². The van der Waals surface area contributed by atoms with E-state index in [-0.39, 0.29) is 5.91 Å². The molecule has 0 aromatic heterocycles. The van der Waals surface area contributed by atoms with Gasteiger partial charge < -0.3 is 15.4 Å². The number of hydrogen-bond donors (Lipinski definition) is 2. The number of fused-ring (bicyclic) bond motifs is 1. The number of hydrogen-bond acceptors (Lipinski definition) is 3. The van der Waals surface area contributed by atoms with Gasteiger partial charge in [-0.1, -0.05) is 15.9 Å². The van der Waals surface area contributed by atoms with Crippen molar-refractivity contribution in [2.24, 2.45) is 0 Å². The maximum absolute atomic E-state index is 11.5. The zero-order valence-electron chi connectivity index (χ0n) is 12.3. The van der Waals surface area contributed by atoms with Gasteiger partial charge in [0.05, 0.1) is 6.61 Å². The first kappa shape index (κ1) is 14.9. The highest BCUT2D eigenvalue weighted by Crippen LogP contribution is 2.33. The minimum absolute atomic E-state index is 0.0789. The van der Waals surface area contributed by atoms with Gasteiger partial charge in [0.15, 0.2) is 0 Å². The van der Waals surface area contributed by atoms with Crippen LogP contribution in [0.3, 0.4) is 0 Å². The topological polar surface area (TPSA) is 50.4 Å². The van der Waals surface area contributed by atoms with Crippen LogP contribution in [0.5, 0.6) is 5.75 Å². The van der Waals surface area contributed by atoms with Gasteiger partial charge in [0.2, 0.25) is 0 Å². The number of rotatable bonds is 4. The molecule has 0 fully saturated rings. The molecule has 2 aromatic carbocycles. The average molecular weight is 361 g/mol. The van der Waals surface area contributed by atoms with Crippen LogP contribution in [0.1, 0.15) is 21.5 Å². The first-order chi connectivity index (χ1) is 10.7. The normalized spacial score (nSPS) is 12.5. The Labute approximate surface area is 138 Å². The number of nitrogens with one attached hydrogen (secondary N) is 2. The predicted octanol–water partition coefficient (Wildman–Crippen LogP) is 3.36. The van der Waals surface area contributed by atoms with E-state index in [0.29, 0.717) is 12.1 Å². The molecule has 1 amide bonds. The summed E-state index contributed by atoms with van der Waals surface area (Å²) < 4.78 is 6.80. The SMILES string of the molecule is CNC(=O)c1ccc(NCc2cc(Br)cc3c2OCC3)cc1. The van der Waals surface area contributed by atoms with E-state index in [0.717, 1.165) is 34.5 Å². The Hall–Kier alpha value is -2.01. The van der Waals surface area contributed by atoms with Gasteiger partial charge >= 0.3 is 0 Å². The van der Waals surface area contributed by atoms with Crippen LogP contribution < -0.4 is 15.4 Å². The van der Waals surface area contributed by atoms with Gasteiger partial charge in [-0.15, -0.1) is 0 Å². The molecule has 0 atom stereocenters. The Balaban J connectivity index is 1.72. The van der Waals surface area contributed by atoms with Crippen molar-refractivity contribution >= 4 is 27.5 Å². The summed E-state index contributed by atoms with van der Waals surface area (Å²) in [6.45, 7) is 1.43. The van der Waals surface area contributed by atoms with Gasteiger partial charge in [0, 0.05) is 41.3 Å². The van der Waals surface area contributed by atoms with E-state index in [1.165, 1.54) is 5.56 Å². The van der Waals surface area contributed by atoms with Crippen molar-refractivity contribution in [3.8, 4) is 5.75 Å². The van der Waals surface area contributed by atoms with Crippen molar-refractivity contribution in [2.45, 2.75) is 13.0 Å².